The molecule has 15 heavy (non-hydrogen) atoms. The van der Waals surface area contributed by atoms with Crippen LogP contribution < -0.4 is 5.73 Å². The van der Waals surface area contributed by atoms with Gasteiger partial charge in [-0.15, -0.1) is 0 Å². The standard InChI is InChI=1S/C11H14N4/c12-11(9-15-13-6-7-14-15)8-10-4-2-1-3-5-10/h1-7,11H,8-9,12H2. The summed E-state index contributed by atoms with van der Waals surface area (Å²) >= 11 is 0. The second-order valence-corrected chi connectivity index (χ2v) is 3.53. The summed E-state index contributed by atoms with van der Waals surface area (Å²) in [7, 11) is 0. The Hall–Kier alpha value is -1.68. The van der Waals surface area contributed by atoms with Crippen LogP contribution in [0.3, 0.4) is 0 Å². The molecule has 4 nitrogen and oxygen atoms in total. The topological polar surface area (TPSA) is 56.7 Å². The first-order chi connectivity index (χ1) is 7.34. The van der Waals surface area contributed by atoms with Gasteiger partial charge in [-0.3, -0.25) is 0 Å². The SMILES string of the molecule is NC(Cc1ccccc1)Cn1nccn1. The molecular weight excluding hydrogens is 188 g/mol. The second kappa shape index (κ2) is 4.70. The number of hydrogen-bond acceptors (Lipinski definition) is 3. The van der Waals surface area contributed by atoms with Gasteiger partial charge in [0, 0.05) is 6.04 Å². The van der Waals surface area contributed by atoms with Crippen molar-refractivity contribution < 1.29 is 0 Å². The molecule has 2 N–H and O–H groups in total. The molecule has 0 radical (unpaired) electrons. The Morgan fingerprint density at radius 3 is 2.47 bits per heavy atom. The van der Waals surface area contributed by atoms with Gasteiger partial charge >= 0.3 is 0 Å². The Kier molecular flexibility index (Phi) is 3.09. The summed E-state index contributed by atoms with van der Waals surface area (Å²) in [4.78, 5) is 1.62. The predicted molar refractivity (Wildman–Crippen MR) is 58.1 cm³/mol. The van der Waals surface area contributed by atoms with E-state index in [2.05, 4.69) is 22.3 Å². The molecule has 0 bridgehead atoms. The van der Waals surface area contributed by atoms with E-state index in [1.54, 1.807) is 17.2 Å². The smallest absolute Gasteiger partial charge is 0.0761 e. The van der Waals surface area contributed by atoms with Gasteiger partial charge in [0.1, 0.15) is 0 Å². The van der Waals surface area contributed by atoms with Gasteiger partial charge < -0.3 is 5.73 Å². The Morgan fingerprint density at radius 1 is 1.13 bits per heavy atom. The Labute approximate surface area is 88.7 Å². The quantitative estimate of drug-likeness (QED) is 0.799. The second-order valence-electron chi connectivity index (χ2n) is 3.53. The van der Waals surface area contributed by atoms with E-state index in [1.807, 2.05) is 18.2 Å². The molecule has 2 aromatic rings. The van der Waals surface area contributed by atoms with E-state index in [4.69, 9.17) is 5.73 Å². The van der Waals surface area contributed by atoms with Gasteiger partial charge in [0.2, 0.25) is 0 Å². The normalized spacial score (nSPS) is 12.6. The molecule has 0 spiro atoms. The first-order valence-electron chi connectivity index (χ1n) is 4.98. The van der Waals surface area contributed by atoms with E-state index >= 15 is 0 Å². The predicted octanol–water partition coefficient (Wildman–Crippen LogP) is 0.848. The highest BCUT2D eigenvalue weighted by Crippen LogP contribution is 2.02. The van der Waals surface area contributed by atoms with Crippen molar-refractivity contribution in [1.82, 2.24) is 15.0 Å². The van der Waals surface area contributed by atoms with Crippen LogP contribution in [0.4, 0.5) is 0 Å². The zero-order chi connectivity index (χ0) is 10.5. The maximum absolute atomic E-state index is 6.00. The number of aromatic nitrogens is 3. The first-order valence-corrected chi connectivity index (χ1v) is 4.98. The van der Waals surface area contributed by atoms with E-state index in [-0.39, 0.29) is 6.04 Å². The summed E-state index contributed by atoms with van der Waals surface area (Å²) in [5.74, 6) is 0. The molecular formula is C11H14N4. The van der Waals surface area contributed by atoms with Crippen LogP contribution in [0, 0.1) is 0 Å². The van der Waals surface area contributed by atoms with Crippen molar-refractivity contribution in [3.8, 4) is 0 Å². The molecule has 0 aliphatic rings. The van der Waals surface area contributed by atoms with Crippen LogP contribution in [0.25, 0.3) is 0 Å². The lowest BCUT2D eigenvalue weighted by molar-refractivity contribution is 0.461. The van der Waals surface area contributed by atoms with Crippen molar-refractivity contribution in [2.75, 3.05) is 0 Å². The van der Waals surface area contributed by atoms with Crippen molar-refractivity contribution in [1.29, 1.82) is 0 Å². The summed E-state index contributed by atoms with van der Waals surface area (Å²) in [6.45, 7) is 0.655. The average molecular weight is 202 g/mol. The van der Waals surface area contributed by atoms with Gasteiger partial charge in [-0.1, -0.05) is 30.3 Å². The van der Waals surface area contributed by atoms with Crippen LogP contribution in [0.2, 0.25) is 0 Å². The van der Waals surface area contributed by atoms with Crippen molar-refractivity contribution in [3.05, 3.63) is 48.3 Å². The molecule has 2 rings (SSSR count). The molecule has 0 aliphatic heterocycles. The molecule has 1 aromatic heterocycles. The summed E-state index contributed by atoms with van der Waals surface area (Å²) < 4.78 is 0. The van der Waals surface area contributed by atoms with E-state index in [0.29, 0.717) is 6.54 Å². The Morgan fingerprint density at radius 2 is 1.80 bits per heavy atom. The van der Waals surface area contributed by atoms with Crippen LogP contribution in [-0.2, 0) is 13.0 Å². The fourth-order valence-corrected chi connectivity index (χ4v) is 1.53. The van der Waals surface area contributed by atoms with Crippen LogP contribution in [0.15, 0.2) is 42.7 Å². The number of nitrogens with two attached hydrogens (primary N) is 1. The highest BCUT2D eigenvalue weighted by molar-refractivity contribution is 5.15. The van der Waals surface area contributed by atoms with Gasteiger partial charge in [-0.25, -0.2) is 0 Å². The molecule has 4 heteroatoms. The van der Waals surface area contributed by atoms with Crippen LogP contribution in [0.1, 0.15) is 5.56 Å². The lowest BCUT2D eigenvalue weighted by Crippen LogP contribution is -2.29. The first kappa shape index (κ1) is 9.86. The number of benzene rings is 1. The van der Waals surface area contributed by atoms with E-state index < -0.39 is 0 Å². The maximum Gasteiger partial charge on any atom is 0.0761 e. The average Bonchev–Trinajstić information content (AvgIpc) is 2.71. The zero-order valence-corrected chi connectivity index (χ0v) is 8.45. The number of rotatable bonds is 4. The maximum atomic E-state index is 6.00. The monoisotopic (exact) mass is 202 g/mol. The zero-order valence-electron chi connectivity index (χ0n) is 8.45. The number of hydrogen-bond donors (Lipinski definition) is 1. The number of nitrogens with zero attached hydrogens (tertiary/aromatic N) is 3. The van der Waals surface area contributed by atoms with E-state index in [0.717, 1.165) is 6.42 Å². The third kappa shape index (κ3) is 2.89. The van der Waals surface area contributed by atoms with Gasteiger partial charge in [-0.05, 0) is 12.0 Å². The molecule has 0 amide bonds. The van der Waals surface area contributed by atoms with Crippen molar-refractivity contribution in [2.24, 2.45) is 5.73 Å². The molecule has 0 fully saturated rings. The largest absolute Gasteiger partial charge is 0.326 e. The lowest BCUT2D eigenvalue weighted by Gasteiger charge is -2.10. The fraction of sp³-hybridized carbons (Fsp3) is 0.273. The Balaban J connectivity index is 1.90. The highest BCUT2D eigenvalue weighted by atomic mass is 15.5. The molecule has 1 heterocycles. The fourth-order valence-electron chi connectivity index (χ4n) is 1.53. The summed E-state index contributed by atoms with van der Waals surface area (Å²) in [5.41, 5.74) is 7.24. The molecule has 1 aromatic carbocycles. The van der Waals surface area contributed by atoms with Gasteiger partial charge in [0.15, 0.2) is 0 Å². The third-order valence-electron chi connectivity index (χ3n) is 2.21. The van der Waals surface area contributed by atoms with Crippen LogP contribution >= 0.6 is 0 Å². The Bertz CT molecular complexity index is 382. The lowest BCUT2D eigenvalue weighted by atomic mass is 10.1. The minimum absolute atomic E-state index is 0.0554. The molecule has 78 valence electrons. The van der Waals surface area contributed by atoms with Gasteiger partial charge in [-0.2, -0.15) is 15.0 Å². The summed E-state index contributed by atoms with van der Waals surface area (Å²) in [5, 5.41) is 8.05. The van der Waals surface area contributed by atoms with Crippen LogP contribution in [0.5, 0.6) is 0 Å². The van der Waals surface area contributed by atoms with Gasteiger partial charge in [0.05, 0.1) is 18.9 Å². The van der Waals surface area contributed by atoms with Gasteiger partial charge in [0.25, 0.3) is 0 Å². The minimum atomic E-state index is 0.0554. The molecule has 0 saturated heterocycles. The van der Waals surface area contributed by atoms with E-state index in [9.17, 15) is 0 Å². The molecule has 1 unspecified atom stereocenters. The van der Waals surface area contributed by atoms with Crippen LogP contribution in [-0.4, -0.2) is 21.0 Å². The minimum Gasteiger partial charge on any atom is -0.326 e. The van der Waals surface area contributed by atoms with Crippen molar-refractivity contribution >= 4 is 0 Å². The third-order valence-corrected chi connectivity index (χ3v) is 2.21. The highest BCUT2D eigenvalue weighted by Gasteiger charge is 2.05. The van der Waals surface area contributed by atoms with E-state index in [1.165, 1.54) is 5.56 Å². The molecule has 0 saturated carbocycles. The summed E-state index contributed by atoms with van der Waals surface area (Å²) in [6.07, 6.45) is 4.17. The summed E-state index contributed by atoms with van der Waals surface area (Å²) in [6, 6.07) is 10.3. The van der Waals surface area contributed by atoms with Crippen molar-refractivity contribution in [2.45, 2.75) is 19.0 Å². The van der Waals surface area contributed by atoms with Crippen molar-refractivity contribution in [3.63, 3.8) is 0 Å². The molecule has 0 aliphatic carbocycles. The molecule has 1 atom stereocenters.